The van der Waals surface area contributed by atoms with Crippen molar-refractivity contribution in [3.05, 3.63) is 28.0 Å². The molecule has 12 heteroatoms. The van der Waals surface area contributed by atoms with Gasteiger partial charge in [-0.15, -0.1) is 0 Å². The van der Waals surface area contributed by atoms with E-state index in [1.54, 1.807) is 12.1 Å². The maximum Gasteiger partial charge on any atom is 0.449 e. The van der Waals surface area contributed by atoms with E-state index in [1.807, 2.05) is 6.07 Å². The second-order valence-electron chi connectivity index (χ2n) is 5.66. The van der Waals surface area contributed by atoms with Crippen molar-refractivity contribution in [2.24, 2.45) is 0 Å². The number of aromatic amines is 1. The largest absolute Gasteiger partial charge is 0.449 e. The van der Waals surface area contributed by atoms with Gasteiger partial charge in [-0.3, -0.25) is 0 Å². The van der Waals surface area contributed by atoms with Crippen molar-refractivity contribution >= 4 is 43.9 Å². The molecule has 0 bridgehead atoms. The molecule has 1 aromatic carbocycles. The second kappa shape index (κ2) is 7.55. The topological polar surface area (TPSA) is 159 Å². The zero-order valence-corrected chi connectivity index (χ0v) is 16.0. The first-order valence-corrected chi connectivity index (χ1v) is 9.82. The summed E-state index contributed by atoms with van der Waals surface area (Å²) in [4.78, 5) is 2.86. The van der Waals surface area contributed by atoms with Crippen molar-refractivity contribution < 1.29 is 41.9 Å². The van der Waals surface area contributed by atoms with Gasteiger partial charge in [-0.05, 0) is 40.8 Å². The molecule has 0 radical (unpaired) electrons. The number of nitrogens with one attached hydrogen (secondary N) is 1. The monoisotopic (exact) mass is 501 g/mol. The van der Waals surface area contributed by atoms with E-state index in [1.165, 1.54) is 6.20 Å². The Balaban J connectivity index is 1.68. The Labute approximate surface area is 161 Å². The van der Waals surface area contributed by atoms with Crippen molar-refractivity contribution in [3.8, 4) is 5.75 Å². The Morgan fingerprint density at radius 3 is 2.62 bits per heavy atom. The zero-order chi connectivity index (χ0) is 19.1. The average Bonchev–Trinajstić information content (AvgIpc) is 2.96. The van der Waals surface area contributed by atoms with Crippen LogP contribution in [0.4, 0.5) is 0 Å². The molecule has 2 aromatic rings. The van der Waals surface area contributed by atoms with Crippen molar-refractivity contribution in [2.45, 2.75) is 30.7 Å². The molecule has 5 N–H and O–H groups in total. The quantitative estimate of drug-likeness (QED) is 0.331. The van der Waals surface area contributed by atoms with Gasteiger partial charge < -0.3 is 34.3 Å². The van der Waals surface area contributed by atoms with Crippen LogP contribution in [0.2, 0.25) is 0 Å². The Bertz CT molecular complexity index is 886. The van der Waals surface area contributed by atoms with Crippen LogP contribution in [0.3, 0.4) is 0 Å². The molecule has 0 saturated carbocycles. The Morgan fingerprint density at radius 2 is 1.88 bits per heavy atom. The molecule has 10 nitrogen and oxygen atoms in total. The van der Waals surface area contributed by atoms with Gasteiger partial charge in [-0.2, -0.15) is 8.42 Å². The molecule has 2 heterocycles. The summed E-state index contributed by atoms with van der Waals surface area (Å²) in [6.45, 7) is -0.732. The smallest absolute Gasteiger partial charge is 0.387 e. The predicted molar refractivity (Wildman–Crippen MR) is 95.4 cm³/mol. The van der Waals surface area contributed by atoms with Gasteiger partial charge >= 0.3 is 10.4 Å². The number of aliphatic hydroxyl groups is 4. The van der Waals surface area contributed by atoms with Crippen LogP contribution in [0.25, 0.3) is 10.9 Å². The number of H-pyrrole nitrogens is 1. The number of halogens is 1. The van der Waals surface area contributed by atoms with Gasteiger partial charge in [-0.25, -0.2) is 4.18 Å². The minimum absolute atomic E-state index is 0.0270. The maximum atomic E-state index is 12.0. The molecule has 1 aliphatic heterocycles. The molecule has 0 spiro atoms. The number of hydrogen-bond acceptors (Lipinski definition) is 9. The fourth-order valence-corrected chi connectivity index (χ4v) is 3.69. The van der Waals surface area contributed by atoms with Gasteiger partial charge in [0.25, 0.3) is 0 Å². The maximum absolute atomic E-state index is 12.0. The molecule has 1 fully saturated rings. The van der Waals surface area contributed by atoms with Gasteiger partial charge in [0.15, 0.2) is 12.0 Å². The summed E-state index contributed by atoms with van der Waals surface area (Å²) in [5.74, 6) is 0.0270. The molecule has 1 saturated heterocycles. The minimum Gasteiger partial charge on any atom is -0.387 e. The molecule has 1 aliphatic rings. The van der Waals surface area contributed by atoms with Crippen molar-refractivity contribution in [2.75, 3.05) is 6.61 Å². The Morgan fingerprint density at radius 1 is 1.15 bits per heavy atom. The van der Waals surface area contributed by atoms with E-state index < -0.39 is 47.7 Å². The minimum atomic E-state index is -4.52. The first-order chi connectivity index (χ1) is 12.2. The van der Waals surface area contributed by atoms with Crippen LogP contribution in [0.15, 0.2) is 24.4 Å². The SMILES string of the molecule is O=S(=O)(OC[C@H]1O[C@@H](O)[C@H](O)[C@@H](O)[C@H]1O)Oc1c[nH]c2ccc(I)cc12. The third kappa shape index (κ3) is 4.12. The lowest BCUT2D eigenvalue weighted by Crippen LogP contribution is -2.58. The summed E-state index contributed by atoms with van der Waals surface area (Å²) >= 11 is 2.07. The summed E-state index contributed by atoms with van der Waals surface area (Å²) in [7, 11) is -4.52. The van der Waals surface area contributed by atoms with E-state index in [-0.39, 0.29) is 5.75 Å². The molecule has 1 aromatic heterocycles. The van der Waals surface area contributed by atoms with Gasteiger partial charge in [0, 0.05) is 20.7 Å². The molecule has 0 aliphatic carbocycles. The fourth-order valence-electron chi connectivity index (χ4n) is 2.49. The Kier molecular flexibility index (Phi) is 5.74. The molecule has 5 atom stereocenters. The van der Waals surface area contributed by atoms with Gasteiger partial charge in [0.2, 0.25) is 0 Å². The number of hydrogen-bond donors (Lipinski definition) is 5. The molecular weight excluding hydrogens is 485 g/mol. The van der Waals surface area contributed by atoms with Crippen LogP contribution in [0.5, 0.6) is 5.75 Å². The van der Waals surface area contributed by atoms with Gasteiger partial charge in [0.1, 0.15) is 24.4 Å². The van der Waals surface area contributed by atoms with E-state index in [0.29, 0.717) is 10.9 Å². The van der Waals surface area contributed by atoms with Crippen LogP contribution < -0.4 is 4.18 Å². The van der Waals surface area contributed by atoms with Crippen molar-refractivity contribution in [1.29, 1.82) is 0 Å². The van der Waals surface area contributed by atoms with E-state index in [2.05, 4.69) is 31.8 Å². The molecule has 0 unspecified atom stereocenters. The number of fused-ring (bicyclic) bond motifs is 1. The summed E-state index contributed by atoms with van der Waals surface area (Å²) in [5.41, 5.74) is 0.668. The molecule has 0 amide bonds. The van der Waals surface area contributed by atoms with E-state index in [9.17, 15) is 28.8 Å². The molecular formula is C14H16INO9S. The highest BCUT2D eigenvalue weighted by molar-refractivity contribution is 14.1. The van der Waals surface area contributed by atoms with Crippen LogP contribution in [0.1, 0.15) is 0 Å². The summed E-state index contributed by atoms with van der Waals surface area (Å²) in [6, 6.07) is 5.32. The number of aromatic nitrogens is 1. The van der Waals surface area contributed by atoms with Gasteiger partial charge in [-0.1, -0.05) is 0 Å². The predicted octanol–water partition coefficient (Wildman–Crippen LogP) is -0.787. The van der Waals surface area contributed by atoms with Crippen LogP contribution in [-0.2, 0) is 19.3 Å². The second-order valence-corrected chi connectivity index (χ2v) is 8.12. The average molecular weight is 501 g/mol. The van der Waals surface area contributed by atoms with Crippen LogP contribution in [-0.4, -0.2) is 71.1 Å². The van der Waals surface area contributed by atoms with Crippen LogP contribution >= 0.6 is 22.6 Å². The van der Waals surface area contributed by atoms with Crippen molar-refractivity contribution in [3.63, 3.8) is 0 Å². The lowest BCUT2D eigenvalue weighted by molar-refractivity contribution is -0.285. The van der Waals surface area contributed by atoms with E-state index in [4.69, 9.17) is 8.92 Å². The third-order valence-electron chi connectivity index (χ3n) is 3.86. The zero-order valence-electron chi connectivity index (χ0n) is 13.0. The number of benzene rings is 1. The lowest BCUT2D eigenvalue weighted by atomic mass is 10.00. The fraction of sp³-hybridized carbons (Fsp3) is 0.429. The van der Waals surface area contributed by atoms with Gasteiger partial charge in [0.05, 0.1) is 6.61 Å². The molecule has 144 valence electrons. The van der Waals surface area contributed by atoms with E-state index in [0.717, 1.165) is 3.57 Å². The highest BCUT2D eigenvalue weighted by Crippen LogP contribution is 2.28. The molecule has 26 heavy (non-hydrogen) atoms. The first kappa shape index (κ1) is 19.8. The lowest BCUT2D eigenvalue weighted by Gasteiger charge is -2.37. The van der Waals surface area contributed by atoms with Crippen molar-refractivity contribution in [1.82, 2.24) is 4.98 Å². The summed E-state index contributed by atoms with van der Waals surface area (Å²) in [6.07, 6.45) is -6.91. The number of rotatable bonds is 5. The van der Waals surface area contributed by atoms with Crippen LogP contribution in [0, 0.1) is 3.57 Å². The molecule has 3 rings (SSSR count). The highest BCUT2D eigenvalue weighted by atomic mass is 127. The number of aliphatic hydroxyl groups excluding tert-OH is 4. The standard InChI is InChI=1S/C14H16INO9S/c15-6-1-2-8-7(3-6)9(4-16-8)25-26(21,22)23-5-10-11(17)12(18)13(19)14(20)24-10/h1-4,10-14,16-20H,5H2/t10-,11+,12+,13-,14-/m1/s1. The first-order valence-electron chi connectivity index (χ1n) is 7.41. The summed E-state index contributed by atoms with van der Waals surface area (Å²) < 4.78 is 39.4. The normalized spacial score (nSPS) is 29.8. The summed E-state index contributed by atoms with van der Waals surface area (Å²) in [5, 5.41) is 38.7. The van der Waals surface area contributed by atoms with E-state index >= 15 is 0 Å². The Hall–Kier alpha value is -1.000. The third-order valence-corrected chi connectivity index (χ3v) is 5.34. The number of ether oxygens (including phenoxy) is 1. The highest BCUT2D eigenvalue weighted by Gasteiger charge is 2.43.